The van der Waals surface area contributed by atoms with Gasteiger partial charge in [0.15, 0.2) is 0 Å². The van der Waals surface area contributed by atoms with Crippen molar-refractivity contribution in [1.82, 2.24) is 0 Å². The molecule has 4 nitrogen and oxygen atoms in total. The molecule has 0 amide bonds. The molecule has 0 heterocycles. The number of carboxylic acid groups (broad SMARTS) is 1. The highest BCUT2D eigenvalue weighted by Gasteiger charge is 2.14. The fourth-order valence-corrected chi connectivity index (χ4v) is 1.50. The number of carbonyl (C=O) groups is 1. The van der Waals surface area contributed by atoms with Crippen LogP contribution in [0.5, 0.6) is 5.75 Å². The summed E-state index contributed by atoms with van der Waals surface area (Å²) in [6.07, 6.45) is 0.576. The topological polar surface area (TPSA) is 55.8 Å². The van der Waals surface area contributed by atoms with Crippen molar-refractivity contribution in [3.63, 3.8) is 0 Å². The van der Waals surface area contributed by atoms with Crippen LogP contribution >= 0.6 is 11.6 Å². The number of rotatable bonds is 6. The van der Waals surface area contributed by atoms with Crippen molar-refractivity contribution in [1.29, 1.82) is 0 Å². The van der Waals surface area contributed by atoms with Gasteiger partial charge >= 0.3 is 5.97 Å². The first-order valence-electron chi connectivity index (χ1n) is 5.23. The monoisotopic (exact) mass is 258 g/mol. The number of carboxylic acids is 1. The fraction of sp³-hybridized carbons (Fsp3) is 0.417. The molecule has 1 aromatic carbocycles. The highest BCUT2D eigenvalue weighted by Crippen LogP contribution is 2.24. The summed E-state index contributed by atoms with van der Waals surface area (Å²) in [5.74, 6) is -0.730. The third-order valence-electron chi connectivity index (χ3n) is 2.23. The SMILES string of the molecule is COCCC(C)Oc1ccc(Cl)cc1C(=O)O. The predicted octanol–water partition coefficient (Wildman–Crippen LogP) is 2.84. The molecular formula is C12H15ClO4. The summed E-state index contributed by atoms with van der Waals surface area (Å²) in [5, 5.41) is 9.39. The lowest BCUT2D eigenvalue weighted by molar-refractivity contribution is 0.0687. The molecule has 0 aromatic heterocycles. The van der Waals surface area contributed by atoms with Crippen LogP contribution in [-0.2, 0) is 4.74 Å². The molecule has 0 aliphatic heterocycles. The summed E-state index contributed by atoms with van der Waals surface area (Å²) in [7, 11) is 1.61. The molecule has 0 saturated heterocycles. The van der Waals surface area contributed by atoms with Crippen LogP contribution in [0.25, 0.3) is 0 Å². The molecule has 0 aliphatic rings. The first-order valence-corrected chi connectivity index (χ1v) is 5.61. The quantitative estimate of drug-likeness (QED) is 0.852. The van der Waals surface area contributed by atoms with Crippen molar-refractivity contribution in [3.8, 4) is 5.75 Å². The predicted molar refractivity (Wildman–Crippen MR) is 65.0 cm³/mol. The van der Waals surface area contributed by atoms with E-state index in [1.54, 1.807) is 19.2 Å². The van der Waals surface area contributed by atoms with E-state index in [1.165, 1.54) is 6.07 Å². The van der Waals surface area contributed by atoms with Crippen molar-refractivity contribution in [2.24, 2.45) is 0 Å². The molecular weight excluding hydrogens is 244 g/mol. The number of ether oxygens (including phenoxy) is 2. The van der Waals surface area contributed by atoms with Crippen LogP contribution < -0.4 is 4.74 Å². The molecule has 0 radical (unpaired) electrons. The van der Waals surface area contributed by atoms with Gasteiger partial charge in [-0.05, 0) is 25.1 Å². The lowest BCUT2D eigenvalue weighted by atomic mass is 10.2. The highest BCUT2D eigenvalue weighted by atomic mass is 35.5. The minimum atomic E-state index is -1.05. The third kappa shape index (κ3) is 4.24. The first-order chi connectivity index (χ1) is 8.04. The normalized spacial score (nSPS) is 12.2. The van der Waals surface area contributed by atoms with Crippen LogP contribution in [0.1, 0.15) is 23.7 Å². The first kappa shape index (κ1) is 13.8. The molecule has 1 unspecified atom stereocenters. The van der Waals surface area contributed by atoms with Gasteiger partial charge in [0, 0.05) is 25.2 Å². The van der Waals surface area contributed by atoms with Gasteiger partial charge in [0.1, 0.15) is 11.3 Å². The number of methoxy groups -OCH3 is 1. The Labute approximate surface area is 105 Å². The molecule has 1 rings (SSSR count). The number of halogens is 1. The largest absolute Gasteiger partial charge is 0.490 e. The Morgan fingerprint density at radius 2 is 2.24 bits per heavy atom. The minimum absolute atomic E-state index is 0.0711. The molecule has 94 valence electrons. The lowest BCUT2D eigenvalue weighted by Crippen LogP contribution is -2.16. The van der Waals surface area contributed by atoms with E-state index in [0.717, 1.165) is 0 Å². The third-order valence-corrected chi connectivity index (χ3v) is 2.46. The zero-order valence-electron chi connectivity index (χ0n) is 9.77. The number of hydrogen-bond donors (Lipinski definition) is 1. The van der Waals surface area contributed by atoms with Gasteiger partial charge in [-0.15, -0.1) is 0 Å². The summed E-state index contributed by atoms with van der Waals surface area (Å²) in [6.45, 7) is 2.43. The van der Waals surface area contributed by atoms with Crippen LogP contribution in [0.2, 0.25) is 5.02 Å². The molecule has 17 heavy (non-hydrogen) atoms. The minimum Gasteiger partial charge on any atom is -0.490 e. The summed E-state index contributed by atoms with van der Waals surface area (Å²) >= 11 is 5.74. The fourth-order valence-electron chi connectivity index (χ4n) is 1.33. The van der Waals surface area contributed by atoms with Gasteiger partial charge in [-0.1, -0.05) is 11.6 Å². The van der Waals surface area contributed by atoms with Crippen molar-refractivity contribution in [2.75, 3.05) is 13.7 Å². The van der Waals surface area contributed by atoms with Gasteiger partial charge in [0.25, 0.3) is 0 Å². The van der Waals surface area contributed by atoms with E-state index in [0.29, 0.717) is 23.8 Å². The molecule has 5 heteroatoms. The highest BCUT2D eigenvalue weighted by molar-refractivity contribution is 6.31. The van der Waals surface area contributed by atoms with Gasteiger partial charge in [0.05, 0.1) is 6.10 Å². The molecule has 0 aliphatic carbocycles. The van der Waals surface area contributed by atoms with Crippen molar-refractivity contribution >= 4 is 17.6 Å². The Balaban J connectivity index is 2.79. The molecule has 0 spiro atoms. The second-order valence-corrected chi connectivity index (χ2v) is 4.09. The zero-order valence-corrected chi connectivity index (χ0v) is 10.5. The molecule has 1 atom stereocenters. The van der Waals surface area contributed by atoms with Crippen LogP contribution in [0.3, 0.4) is 0 Å². The van der Waals surface area contributed by atoms with Crippen molar-refractivity contribution in [2.45, 2.75) is 19.4 Å². The second kappa shape index (κ2) is 6.47. The summed E-state index contributed by atoms with van der Waals surface area (Å²) in [5.41, 5.74) is 0.0711. The Hall–Kier alpha value is -1.26. The Kier molecular flexibility index (Phi) is 5.25. The van der Waals surface area contributed by atoms with Gasteiger partial charge in [0.2, 0.25) is 0 Å². The van der Waals surface area contributed by atoms with Gasteiger partial charge < -0.3 is 14.6 Å². The zero-order chi connectivity index (χ0) is 12.8. The molecule has 1 N–H and O–H groups in total. The van der Waals surface area contributed by atoms with Gasteiger partial charge in [-0.25, -0.2) is 4.79 Å². The van der Waals surface area contributed by atoms with Crippen molar-refractivity contribution in [3.05, 3.63) is 28.8 Å². The van der Waals surface area contributed by atoms with Crippen LogP contribution in [-0.4, -0.2) is 30.9 Å². The molecule has 1 aromatic rings. The maximum Gasteiger partial charge on any atom is 0.339 e. The van der Waals surface area contributed by atoms with E-state index in [2.05, 4.69) is 0 Å². The Bertz CT molecular complexity index is 392. The molecule has 0 fully saturated rings. The average Bonchev–Trinajstić information content (AvgIpc) is 2.28. The van der Waals surface area contributed by atoms with E-state index in [4.69, 9.17) is 26.2 Å². The maximum atomic E-state index is 11.0. The standard InChI is InChI=1S/C12H15ClO4/c1-8(5-6-16-2)17-11-4-3-9(13)7-10(11)12(14)15/h3-4,7-8H,5-6H2,1-2H3,(H,14,15). The Morgan fingerprint density at radius 1 is 1.53 bits per heavy atom. The van der Waals surface area contributed by atoms with E-state index in [-0.39, 0.29) is 11.7 Å². The van der Waals surface area contributed by atoms with Gasteiger partial charge in [-0.2, -0.15) is 0 Å². The molecule has 0 saturated carbocycles. The molecule has 0 bridgehead atoms. The lowest BCUT2D eigenvalue weighted by Gasteiger charge is -2.16. The van der Waals surface area contributed by atoms with E-state index < -0.39 is 5.97 Å². The maximum absolute atomic E-state index is 11.0. The Morgan fingerprint density at radius 3 is 2.82 bits per heavy atom. The summed E-state index contributed by atoms with van der Waals surface area (Å²) < 4.78 is 10.5. The smallest absolute Gasteiger partial charge is 0.339 e. The van der Waals surface area contributed by atoms with E-state index >= 15 is 0 Å². The van der Waals surface area contributed by atoms with Crippen LogP contribution in [0.4, 0.5) is 0 Å². The van der Waals surface area contributed by atoms with Crippen LogP contribution in [0.15, 0.2) is 18.2 Å². The number of hydrogen-bond acceptors (Lipinski definition) is 3. The summed E-state index contributed by atoms with van der Waals surface area (Å²) in [6, 6.07) is 4.55. The van der Waals surface area contributed by atoms with Gasteiger partial charge in [-0.3, -0.25) is 0 Å². The number of benzene rings is 1. The average molecular weight is 259 g/mol. The summed E-state index contributed by atoms with van der Waals surface area (Å²) in [4.78, 5) is 11.0. The number of aromatic carboxylic acids is 1. The second-order valence-electron chi connectivity index (χ2n) is 3.66. The van der Waals surface area contributed by atoms with Crippen molar-refractivity contribution < 1.29 is 19.4 Å². The van der Waals surface area contributed by atoms with E-state index in [1.807, 2.05) is 6.92 Å². The van der Waals surface area contributed by atoms with Crippen LogP contribution in [0, 0.1) is 0 Å². The van der Waals surface area contributed by atoms with E-state index in [9.17, 15) is 4.79 Å².